The Labute approximate surface area is 197 Å². The van der Waals surface area contributed by atoms with Crippen molar-refractivity contribution in [2.45, 2.75) is 20.0 Å². The topological polar surface area (TPSA) is 121 Å². The molecule has 0 aliphatic rings. The maximum atomic E-state index is 12.5. The van der Waals surface area contributed by atoms with E-state index in [9.17, 15) is 14.4 Å². The number of carbonyl (C=O) groups is 3. The number of benzene rings is 2. The fourth-order valence-corrected chi connectivity index (χ4v) is 2.96. The molecule has 34 heavy (non-hydrogen) atoms. The molecule has 1 atom stereocenters. The number of anilines is 2. The second-order valence-electron chi connectivity index (χ2n) is 6.92. The van der Waals surface area contributed by atoms with E-state index < -0.39 is 23.9 Å². The summed E-state index contributed by atoms with van der Waals surface area (Å²) in [5, 5.41) is 5.34. The fraction of sp³-hybridized carbons (Fsp3) is 0.292. The maximum Gasteiger partial charge on any atom is 0.303 e. The number of hydrogen-bond donors (Lipinski definition) is 2. The quantitative estimate of drug-likeness (QED) is 0.399. The van der Waals surface area contributed by atoms with Crippen LogP contribution in [-0.4, -0.2) is 52.3 Å². The Balaban J connectivity index is 2.21. The van der Waals surface area contributed by atoms with Crippen LogP contribution in [0.15, 0.2) is 36.4 Å². The van der Waals surface area contributed by atoms with Gasteiger partial charge >= 0.3 is 5.97 Å². The molecule has 10 heteroatoms. The molecular formula is C24H28N2O8. The minimum Gasteiger partial charge on any atom is -0.496 e. The third-order valence-corrected chi connectivity index (χ3v) is 4.59. The van der Waals surface area contributed by atoms with Crippen LogP contribution in [0.2, 0.25) is 0 Å². The highest BCUT2D eigenvalue weighted by Gasteiger charge is 2.18. The molecule has 2 N–H and O–H groups in total. The van der Waals surface area contributed by atoms with Gasteiger partial charge in [-0.2, -0.15) is 0 Å². The Morgan fingerprint density at radius 2 is 1.47 bits per heavy atom. The lowest BCUT2D eigenvalue weighted by Gasteiger charge is -2.15. The third-order valence-electron chi connectivity index (χ3n) is 4.59. The second-order valence-corrected chi connectivity index (χ2v) is 6.92. The van der Waals surface area contributed by atoms with Crippen molar-refractivity contribution in [2.75, 3.05) is 39.1 Å². The van der Waals surface area contributed by atoms with Crippen molar-refractivity contribution in [3.05, 3.63) is 42.0 Å². The minimum atomic E-state index is -1.00. The predicted molar refractivity (Wildman–Crippen MR) is 127 cm³/mol. The summed E-state index contributed by atoms with van der Waals surface area (Å²) >= 11 is 0. The molecule has 0 saturated carbocycles. The first-order valence-electron chi connectivity index (χ1n) is 10.2. The molecule has 0 saturated heterocycles. The number of esters is 1. The van der Waals surface area contributed by atoms with Gasteiger partial charge in [0, 0.05) is 30.8 Å². The molecule has 0 aromatic heterocycles. The maximum absolute atomic E-state index is 12.5. The van der Waals surface area contributed by atoms with Crippen LogP contribution in [0.1, 0.15) is 19.4 Å². The Bertz CT molecular complexity index is 1060. The number of carbonyl (C=O) groups excluding carboxylic acids is 3. The molecular weight excluding hydrogens is 444 g/mol. The van der Waals surface area contributed by atoms with E-state index in [-0.39, 0.29) is 0 Å². The van der Waals surface area contributed by atoms with E-state index in [4.69, 9.17) is 23.7 Å². The minimum absolute atomic E-state index is 0.298. The first kappa shape index (κ1) is 26.0. The van der Waals surface area contributed by atoms with Gasteiger partial charge < -0.3 is 34.3 Å². The van der Waals surface area contributed by atoms with Crippen molar-refractivity contribution in [3.63, 3.8) is 0 Å². The third kappa shape index (κ3) is 6.89. The molecule has 2 amide bonds. The van der Waals surface area contributed by atoms with Crippen LogP contribution >= 0.6 is 0 Å². The SMILES string of the molecule is COc1cc(OC)c(/C=C/C(=O)Nc2ccc(OC)c(NC(=O)C(C)OC(C)=O)c2)c(OC)c1. The number of amides is 2. The molecule has 0 radical (unpaired) electrons. The van der Waals surface area contributed by atoms with Crippen LogP contribution in [0.4, 0.5) is 11.4 Å². The van der Waals surface area contributed by atoms with Gasteiger partial charge in [0.25, 0.3) is 5.91 Å². The summed E-state index contributed by atoms with van der Waals surface area (Å²) in [7, 11) is 5.97. The number of nitrogens with one attached hydrogen (secondary N) is 2. The Morgan fingerprint density at radius 1 is 0.853 bits per heavy atom. The molecule has 1 unspecified atom stereocenters. The summed E-state index contributed by atoms with van der Waals surface area (Å²) in [6.07, 6.45) is 1.87. The zero-order valence-electron chi connectivity index (χ0n) is 19.9. The number of ether oxygens (including phenoxy) is 5. The highest BCUT2D eigenvalue weighted by molar-refractivity contribution is 6.03. The highest BCUT2D eigenvalue weighted by atomic mass is 16.5. The first-order chi connectivity index (χ1) is 16.2. The molecule has 0 fully saturated rings. The predicted octanol–water partition coefficient (Wildman–Crippen LogP) is 3.26. The van der Waals surface area contributed by atoms with Crippen LogP contribution in [0.3, 0.4) is 0 Å². The second kappa shape index (κ2) is 12.1. The van der Waals surface area contributed by atoms with Crippen molar-refractivity contribution >= 4 is 35.2 Å². The van der Waals surface area contributed by atoms with E-state index in [1.54, 1.807) is 30.3 Å². The van der Waals surface area contributed by atoms with Crippen molar-refractivity contribution < 1.29 is 38.1 Å². The van der Waals surface area contributed by atoms with Gasteiger partial charge in [-0.3, -0.25) is 14.4 Å². The summed E-state index contributed by atoms with van der Waals surface area (Å²) < 4.78 is 26.1. The van der Waals surface area contributed by atoms with Crippen molar-refractivity contribution in [2.24, 2.45) is 0 Å². The smallest absolute Gasteiger partial charge is 0.303 e. The van der Waals surface area contributed by atoms with Gasteiger partial charge in [-0.15, -0.1) is 0 Å². The van der Waals surface area contributed by atoms with Crippen LogP contribution in [0.25, 0.3) is 6.08 Å². The summed E-state index contributed by atoms with van der Waals surface area (Å²) in [5.41, 5.74) is 1.26. The van der Waals surface area contributed by atoms with E-state index in [2.05, 4.69) is 10.6 Å². The lowest BCUT2D eigenvalue weighted by molar-refractivity contribution is -0.150. The van der Waals surface area contributed by atoms with Gasteiger partial charge in [-0.05, 0) is 31.2 Å². The van der Waals surface area contributed by atoms with Crippen LogP contribution in [-0.2, 0) is 19.1 Å². The van der Waals surface area contributed by atoms with Gasteiger partial charge in [0.15, 0.2) is 6.10 Å². The molecule has 2 aromatic rings. The van der Waals surface area contributed by atoms with E-state index in [1.807, 2.05) is 0 Å². The lowest BCUT2D eigenvalue weighted by Crippen LogP contribution is -2.29. The highest BCUT2D eigenvalue weighted by Crippen LogP contribution is 2.35. The average Bonchev–Trinajstić information content (AvgIpc) is 2.81. The van der Waals surface area contributed by atoms with Crippen molar-refractivity contribution in [3.8, 4) is 23.0 Å². The fourth-order valence-electron chi connectivity index (χ4n) is 2.96. The average molecular weight is 472 g/mol. The Morgan fingerprint density at radius 3 is 2.00 bits per heavy atom. The van der Waals surface area contributed by atoms with E-state index in [0.29, 0.717) is 39.9 Å². The van der Waals surface area contributed by atoms with Crippen LogP contribution in [0, 0.1) is 0 Å². The van der Waals surface area contributed by atoms with Gasteiger partial charge in [0.1, 0.15) is 23.0 Å². The van der Waals surface area contributed by atoms with E-state index in [0.717, 1.165) is 0 Å². The normalized spacial score (nSPS) is 11.4. The molecule has 0 heterocycles. The molecule has 0 spiro atoms. The van der Waals surface area contributed by atoms with Crippen LogP contribution in [0.5, 0.6) is 23.0 Å². The molecule has 0 aliphatic heterocycles. The Hall–Kier alpha value is -4.21. The number of hydrogen-bond acceptors (Lipinski definition) is 8. The summed E-state index contributed by atoms with van der Waals surface area (Å²) in [5.74, 6) is 0.294. The molecule has 2 aromatic carbocycles. The zero-order valence-corrected chi connectivity index (χ0v) is 19.9. The van der Waals surface area contributed by atoms with E-state index in [1.165, 1.54) is 54.4 Å². The molecule has 0 bridgehead atoms. The molecule has 2 rings (SSSR count). The van der Waals surface area contributed by atoms with Gasteiger partial charge in [-0.25, -0.2) is 0 Å². The van der Waals surface area contributed by atoms with Crippen LogP contribution < -0.4 is 29.6 Å². The monoisotopic (exact) mass is 472 g/mol. The largest absolute Gasteiger partial charge is 0.496 e. The van der Waals surface area contributed by atoms with Gasteiger partial charge in [-0.1, -0.05) is 0 Å². The summed E-state index contributed by atoms with van der Waals surface area (Å²) in [6, 6.07) is 8.08. The zero-order chi connectivity index (χ0) is 25.3. The van der Waals surface area contributed by atoms with E-state index >= 15 is 0 Å². The van der Waals surface area contributed by atoms with Crippen molar-refractivity contribution in [1.82, 2.24) is 0 Å². The molecule has 10 nitrogen and oxygen atoms in total. The standard InChI is InChI=1S/C24H28N2O8/c1-14(34-15(2)27)24(29)26-19-11-16(7-9-20(19)31-4)25-23(28)10-8-18-21(32-5)12-17(30-3)13-22(18)33-6/h7-14H,1-6H3,(H,25,28)(H,26,29)/b10-8+. The number of rotatable bonds is 10. The molecule has 182 valence electrons. The first-order valence-corrected chi connectivity index (χ1v) is 10.2. The van der Waals surface area contributed by atoms with Gasteiger partial charge in [0.2, 0.25) is 5.91 Å². The summed E-state index contributed by atoms with van der Waals surface area (Å²) in [6.45, 7) is 2.66. The van der Waals surface area contributed by atoms with Crippen molar-refractivity contribution in [1.29, 1.82) is 0 Å². The van der Waals surface area contributed by atoms with Gasteiger partial charge in [0.05, 0.1) is 39.7 Å². The number of methoxy groups -OCH3 is 4. The molecule has 0 aliphatic carbocycles. The summed E-state index contributed by atoms with van der Waals surface area (Å²) in [4.78, 5) is 35.9. The lowest BCUT2D eigenvalue weighted by atomic mass is 10.1. The Kier molecular flexibility index (Phi) is 9.30.